The van der Waals surface area contributed by atoms with Gasteiger partial charge in [0.15, 0.2) is 0 Å². The minimum atomic E-state index is 0.800. The predicted molar refractivity (Wildman–Crippen MR) is 93.8 cm³/mol. The molecule has 0 amide bonds. The number of hydrogen-bond donors (Lipinski definition) is 0. The molecule has 1 saturated carbocycles. The van der Waals surface area contributed by atoms with E-state index in [1.54, 1.807) is 7.11 Å². The zero-order chi connectivity index (χ0) is 15.8. The molecule has 1 aliphatic carbocycles. The van der Waals surface area contributed by atoms with E-state index in [0.29, 0.717) is 0 Å². The van der Waals surface area contributed by atoms with Crippen LogP contribution >= 0.6 is 0 Å². The lowest BCUT2D eigenvalue weighted by atomic mass is 9.95. The van der Waals surface area contributed by atoms with Crippen LogP contribution in [-0.4, -0.2) is 49.1 Å². The van der Waals surface area contributed by atoms with Crippen LogP contribution in [0.25, 0.3) is 0 Å². The topological polar surface area (TPSA) is 15.7 Å². The van der Waals surface area contributed by atoms with E-state index in [-0.39, 0.29) is 0 Å². The van der Waals surface area contributed by atoms with E-state index < -0.39 is 0 Å². The van der Waals surface area contributed by atoms with Gasteiger partial charge in [0.25, 0.3) is 0 Å². The van der Waals surface area contributed by atoms with Gasteiger partial charge >= 0.3 is 0 Å². The van der Waals surface area contributed by atoms with Gasteiger partial charge in [-0.1, -0.05) is 12.1 Å². The molecule has 3 saturated heterocycles. The summed E-state index contributed by atoms with van der Waals surface area (Å²) in [7, 11) is 1.75. The van der Waals surface area contributed by atoms with Crippen LogP contribution in [0.1, 0.15) is 36.8 Å². The van der Waals surface area contributed by atoms with Gasteiger partial charge < -0.3 is 4.74 Å². The molecule has 23 heavy (non-hydrogen) atoms. The van der Waals surface area contributed by atoms with Crippen molar-refractivity contribution in [2.24, 2.45) is 11.8 Å². The molecule has 1 aromatic rings. The third-order valence-electron chi connectivity index (χ3n) is 5.96. The second-order valence-electron chi connectivity index (χ2n) is 7.99. The average Bonchev–Trinajstić information content (AvgIpc) is 3.36. The molecule has 0 N–H and O–H groups in total. The molecule has 2 bridgehead atoms. The van der Waals surface area contributed by atoms with Gasteiger partial charge in [0.2, 0.25) is 0 Å². The van der Waals surface area contributed by atoms with E-state index in [9.17, 15) is 0 Å². The van der Waals surface area contributed by atoms with Crippen molar-refractivity contribution < 1.29 is 4.74 Å². The van der Waals surface area contributed by atoms with Crippen molar-refractivity contribution in [1.82, 2.24) is 9.80 Å². The fourth-order valence-corrected chi connectivity index (χ4v) is 4.56. The first-order valence-electron chi connectivity index (χ1n) is 9.31. The Bertz CT molecular complexity index is 555. The number of fused-ring (bicyclic) bond motifs is 4. The number of methoxy groups -OCH3 is 1. The molecule has 0 spiro atoms. The third kappa shape index (κ3) is 3.56. The van der Waals surface area contributed by atoms with Gasteiger partial charge in [-0.2, -0.15) is 0 Å². The van der Waals surface area contributed by atoms with Gasteiger partial charge in [-0.3, -0.25) is 9.80 Å². The van der Waals surface area contributed by atoms with Crippen molar-refractivity contribution in [1.29, 1.82) is 0 Å². The predicted octanol–water partition coefficient (Wildman–Crippen LogP) is 3.31. The van der Waals surface area contributed by atoms with Crippen LogP contribution in [0.15, 0.2) is 18.2 Å². The summed E-state index contributed by atoms with van der Waals surface area (Å²) in [5.41, 5.74) is 2.68. The Labute approximate surface area is 140 Å². The van der Waals surface area contributed by atoms with Crippen LogP contribution in [0, 0.1) is 18.8 Å². The second kappa shape index (κ2) is 6.45. The first-order chi connectivity index (χ1) is 11.2. The number of benzene rings is 1. The van der Waals surface area contributed by atoms with Crippen LogP contribution in [0.5, 0.6) is 5.75 Å². The molecule has 3 nitrogen and oxygen atoms in total. The first kappa shape index (κ1) is 15.5. The van der Waals surface area contributed by atoms with Gasteiger partial charge in [-0.25, -0.2) is 0 Å². The molecule has 3 heteroatoms. The molecule has 4 fully saturated rings. The summed E-state index contributed by atoms with van der Waals surface area (Å²) in [4.78, 5) is 5.53. The molecule has 0 aromatic heterocycles. The minimum Gasteiger partial charge on any atom is -0.496 e. The number of piperidine rings is 1. The third-order valence-corrected chi connectivity index (χ3v) is 5.96. The van der Waals surface area contributed by atoms with E-state index in [1.165, 1.54) is 63.0 Å². The zero-order valence-corrected chi connectivity index (χ0v) is 14.6. The lowest BCUT2D eigenvalue weighted by Crippen LogP contribution is -2.44. The number of nitrogens with zero attached hydrogens (tertiary/aromatic N) is 2. The smallest absolute Gasteiger partial charge is 0.121 e. The number of hydrogen-bond acceptors (Lipinski definition) is 3. The van der Waals surface area contributed by atoms with E-state index in [1.807, 2.05) is 0 Å². The van der Waals surface area contributed by atoms with Crippen molar-refractivity contribution in [3.05, 3.63) is 29.3 Å². The average molecular weight is 314 g/mol. The Kier molecular flexibility index (Phi) is 4.33. The highest BCUT2D eigenvalue weighted by Crippen LogP contribution is 2.35. The van der Waals surface area contributed by atoms with Crippen LogP contribution in [0.3, 0.4) is 0 Å². The van der Waals surface area contributed by atoms with Gasteiger partial charge in [0, 0.05) is 38.8 Å². The summed E-state index contributed by atoms with van der Waals surface area (Å²) in [5.74, 6) is 2.90. The van der Waals surface area contributed by atoms with E-state index >= 15 is 0 Å². The molecular formula is C20H30N2O. The fraction of sp³-hybridized carbons (Fsp3) is 0.700. The Morgan fingerprint density at radius 3 is 2.70 bits per heavy atom. The lowest BCUT2D eigenvalue weighted by molar-refractivity contribution is 0.125. The molecule has 0 radical (unpaired) electrons. The molecule has 1 aromatic carbocycles. The van der Waals surface area contributed by atoms with Crippen LogP contribution in [0.4, 0.5) is 0 Å². The monoisotopic (exact) mass is 314 g/mol. The molecule has 3 aliphatic heterocycles. The van der Waals surface area contributed by atoms with Crippen molar-refractivity contribution in [3.63, 3.8) is 0 Å². The Hall–Kier alpha value is -1.06. The SMILES string of the molecule is COc1ccc(CN2C[C@@H]3CC[C@H](C2)N(CC2CC2)C3)cc1C. The standard InChI is InChI=1S/C20H30N2O/c1-15-9-17(6-8-20(15)23-2)10-21-11-18-5-7-19(14-21)22(13-18)12-16-3-4-16/h6,8-9,16,18-19H,3-5,7,10-14H2,1-2H3/t18-,19+/m0/s1. The number of aryl methyl sites for hydroxylation is 1. The summed E-state index contributed by atoms with van der Waals surface area (Å²) in [6, 6.07) is 7.46. The molecule has 4 aliphatic rings. The first-order valence-corrected chi connectivity index (χ1v) is 9.31. The van der Waals surface area contributed by atoms with Crippen LogP contribution in [-0.2, 0) is 6.54 Å². The second-order valence-corrected chi connectivity index (χ2v) is 7.99. The minimum absolute atomic E-state index is 0.800. The Balaban J connectivity index is 1.42. The Morgan fingerprint density at radius 2 is 1.96 bits per heavy atom. The lowest BCUT2D eigenvalue weighted by Gasteiger charge is -2.36. The highest BCUT2D eigenvalue weighted by Gasteiger charge is 2.37. The molecule has 0 unspecified atom stereocenters. The maximum absolute atomic E-state index is 5.39. The highest BCUT2D eigenvalue weighted by molar-refractivity contribution is 5.36. The normalized spacial score (nSPS) is 28.8. The number of ether oxygens (including phenoxy) is 1. The van der Waals surface area contributed by atoms with Crippen molar-refractivity contribution in [2.75, 3.05) is 33.3 Å². The summed E-state index contributed by atoms with van der Waals surface area (Å²) < 4.78 is 5.39. The number of rotatable bonds is 5. The largest absolute Gasteiger partial charge is 0.496 e. The van der Waals surface area contributed by atoms with Crippen molar-refractivity contribution >= 4 is 0 Å². The fourth-order valence-electron chi connectivity index (χ4n) is 4.56. The van der Waals surface area contributed by atoms with Crippen LogP contribution in [0.2, 0.25) is 0 Å². The van der Waals surface area contributed by atoms with Gasteiger partial charge in [-0.15, -0.1) is 0 Å². The van der Waals surface area contributed by atoms with Crippen molar-refractivity contribution in [2.45, 2.75) is 45.2 Å². The summed E-state index contributed by atoms with van der Waals surface area (Å²) in [6.07, 6.45) is 5.80. The Morgan fingerprint density at radius 1 is 1.09 bits per heavy atom. The highest BCUT2D eigenvalue weighted by atomic mass is 16.5. The van der Waals surface area contributed by atoms with E-state index in [2.05, 4.69) is 34.9 Å². The zero-order valence-electron chi connectivity index (χ0n) is 14.6. The maximum atomic E-state index is 5.39. The summed E-state index contributed by atoms with van der Waals surface area (Å²) >= 11 is 0. The molecule has 126 valence electrons. The van der Waals surface area contributed by atoms with Gasteiger partial charge in [-0.05, 0) is 61.6 Å². The van der Waals surface area contributed by atoms with E-state index in [4.69, 9.17) is 4.74 Å². The van der Waals surface area contributed by atoms with Crippen LogP contribution < -0.4 is 4.74 Å². The summed E-state index contributed by atoms with van der Waals surface area (Å²) in [5, 5.41) is 0. The van der Waals surface area contributed by atoms with Gasteiger partial charge in [0.05, 0.1) is 7.11 Å². The summed E-state index contributed by atoms with van der Waals surface area (Å²) in [6.45, 7) is 8.49. The molecule has 2 atom stereocenters. The molecule has 3 heterocycles. The van der Waals surface area contributed by atoms with Gasteiger partial charge in [0.1, 0.15) is 5.75 Å². The molecule has 5 rings (SSSR count). The molecular weight excluding hydrogens is 284 g/mol. The van der Waals surface area contributed by atoms with Crippen molar-refractivity contribution in [3.8, 4) is 5.75 Å². The van der Waals surface area contributed by atoms with E-state index in [0.717, 1.165) is 30.2 Å². The maximum Gasteiger partial charge on any atom is 0.121 e. The quantitative estimate of drug-likeness (QED) is 0.829.